The third-order valence-corrected chi connectivity index (χ3v) is 6.26. The summed E-state index contributed by atoms with van der Waals surface area (Å²) in [5, 5.41) is 3.45. The van der Waals surface area contributed by atoms with Gasteiger partial charge in [-0.2, -0.15) is 0 Å². The molecule has 166 valence electrons. The zero-order valence-corrected chi connectivity index (χ0v) is 18.0. The van der Waals surface area contributed by atoms with E-state index in [1.165, 1.54) is 12.4 Å². The highest BCUT2D eigenvalue weighted by Crippen LogP contribution is 2.38. The molecule has 2 aliphatic heterocycles. The third-order valence-electron chi connectivity index (χ3n) is 6.26. The number of halogens is 1. The van der Waals surface area contributed by atoms with Crippen molar-refractivity contribution >= 4 is 28.0 Å². The Morgan fingerprint density at radius 1 is 1.22 bits per heavy atom. The van der Waals surface area contributed by atoms with Crippen molar-refractivity contribution < 1.29 is 13.9 Å². The number of anilines is 1. The molecule has 4 aromatic rings. The van der Waals surface area contributed by atoms with Gasteiger partial charge in [0.25, 0.3) is 0 Å². The quantitative estimate of drug-likeness (QED) is 0.513. The first-order chi connectivity index (χ1) is 15.6. The van der Waals surface area contributed by atoms with E-state index in [4.69, 9.17) is 14.5 Å². The second-order valence-electron chi connectivity index (χ2n) is 8.48. The van der Waals surface area contributed by atoms with Crippen molar-refractivity contribution in [3.63, 3.8) is 0 Å². The van der Waals surface area contributed by atoms with E-state index in [9.17, 15) is 4.39 Å². The second kappa shape index (κ2) is 7.40. The number of benzene rings is 1. The SMILES string of the molecule is CC(Nc1ncnc2c1ncn2C1CCCCO1)c1nc2ccc(F)c3c2n1C(C)CO3. The molecule has 1 fully saturated rings. The number of nitrogens with zero attached hydrogens (tertiary/aromatic N) is 6. The average Bonchev–Trinajstić information content (AvgIpc) is 3.42. The first-order valence-electron chi connectivity index (χ1n) is 11.0. The summed E-state index contributed by atoms with van der Waals surface area (Å²) in [4.78, 5) is 18.3. The van der Waals surface area contributed by atoms with E-state index in [-0.39, 0.29) is 29.9 Å². The van der Waals surface area contributed by atoms with Crippen molar-refractivity contribution in [1.82, 2.24) is 29.1 Å². The third kappa shape index (κ3) is 2.93. The van der Waals surface area contributed by atoms with Gasteiger partial charge in [-0.1, -0.05) is 0 Å². The smallest absolute Gasteiger partial charge is 0.180 e. The summed E-state index contributed by atoms with van der Waals surface area (Å²) in [6.07, 6.45) is 6.40. The van der Waals surface area contributed by atoms with Crippen LogP contribution in [0.25, 0.3) is 22.2 Å². The van der Waals surface area contributed by atoms with Crippen LogP contribution in [0.5, 0.6) is 5.75 Å². The van der Waals surface area contributed by atoms with Crippen LogP contribution < -0.4 is 10.1 Å². The van der Waals surface area contributed by atoms with Gasteiger partial charge in [0.05, 0.1) is 23.9 Å². The number of imidazole rings is 2. The first kappa shape index (κ1) is 19.4. The minimum atomic E-state index is -0.370. The number of fused-ring (bicyclic) bond motifs is 1. The number of hydrogen-bond donors (Lipinski definition) is 1. The van der Waals surface area contributed by atoms with E-state index in [0.717, 1.165) is 37.3 Å². The van der Waals surface area contributed by atoms with Crippen LogP contribution in [-0.2, 0) is 4.74 Å². The lowest BCUT2D eigenvalue weighted by molar-refractivity contribution is -0.0298. The molecule has 10 heteroatoms. The summed E-state index contributed by atoms with van der Waals surface area (Å²) in [5.74, 6) is 1.32. The van der Waals surface area contributed by atoms with E-state index < -0.39 is 0 Å². The molecule has 0 radical (unpaired) electrons. The summed E-state index contributed by atoms with van der Waals surface area (Å²) in [6, 6.07) is 2.92. The van der Waals surface area contributed by atoms with Gasteiger partial charge in [0.2, 0.25) is 0 Å². The summed E-state index contributed by atoms with van der Waals surface area (Å²) in [6.45, 7) is 5.19. The van der Waals surface area contributed by atoms with Gasteiger partial charge in [0.15, 0.2) is 28.5 Å². The minimum absolute atomic E-state index is 0.0293. The summed E-state index contributed by atoms with van der Waals surface area (Å²) >= 11 is 0. The normalized spacial score (nSPS) is 21.6. The van der Waals surface area contributed by atoms with Gasteiger partial charge < -0.3 is 19.4 Å². The van der Waals surface area contributed by atoms with Gasteiger partial charge >= 0.3 is 0 Å². The fourth-order valence-corrected chi connectivity index (χ4v) is 4.70. The molecule has 32 heavy (non-hydrogen) atoms. The van der Waals surface area contributed by atoms with Crippen molar-refractivity contribution in [3.05, 3.63) is 36.4 Å². The number of hydrogen-bond acceptors (Lipinski definition) is 7. The highest BCUT2D eigenvalue weighted by Gasteiger charge is 2.29. The van der Waals surface area contributed by atoms with E-state index in [1.54, 1.807) is 12.4 Å². The van der Waals surface area contributed by atoms with Crippen LogP contribution in [0.1, 0.15) is 57.2 Å². The standard InChI is InChI=1S/C22H24FN7O2/c1-12-9-32-19-14(23)6-7-15-18(19)30(12)21(28-15)13(2)27-20-17-22(25-10-24-20)29(11-26-17)16-5-3-4-8-31-16/h6-7,10-13,16H,3-5,8-9H2,1-2H3,(H,24,25,27). The van der Waals surface area contributed by atoms with Crippen molar-refractivity contribution in [2.24, 2.45) is 0 Å². The van der Waals surface area contributed by atoms with Crippen LogP contribution >= 0.6 is 0 Å². The highest BCUT2D eigenvalue weighted by atomic mass is 19.1. The van der Waals surface area contributed by atoms with Gasteiger partial charge in [-0.15, -0.1) is 0 Å². The molecule has 0 bridgehead atoms. The van der Waals surface area contributed by atoms with Crippen molar-refractivity contribution in [2.45, 2.75) is 51.4 Å². The Morgan fingerprint density at radius 3 is 2.97 bits per heavy atom. The summed E-state index contributed by atoms with van der Waals surface area (Å²) in [7, 11) is 0. The Hall–Kier alpha value is -3.27. The maximum absolute atomic E-state index is 14.3. The van der Waals surface area contributed by atoms with Crippen molar-refractivity contribution in [3.8, 4) is 5.75 Å². The first-order valence-corrected chi connectivity index (χ1v) is 11.0. The Labute approximate surface area is 183 Å². The Balaban J connectivity index is 1.38. The molecule has 0 spiro atoms. The zero-order valence-electron chi connectivity index (χ0n) is 18.0. The monoisotopic (exact) mass is 437 g/mol. The fraction of sp³-hybridized carbons (Fsp3) is 0.455. The average molecular weight is 437 g/mol. The van der Waals surface area contributed by atoms with Crippen LogP contribution in [0.3, 0.4) is 0 Å². The Kier molecular flexibility index (Phi) is 4.49. The highest BCUT2D eigenvalue weighted by molar-refractivity contribution is 5.85. The van der Waals surface area contributed by atoms with E-state index in [2.05, 4.69) is 24.8 Å². The second-order valence-corrected chi connectivity index (χ2v) is 8.48. The number of nitrogens with one attached hydrogen (secondary N) is 1. The maximum Gasteiger partial charge on any atom is 0.180 e. The Bertz CT molecular complexity index is 1310. The molecule has 3 aromatic heterocycles. The van der Waals surface area contributed by atoms with Gasteiger partial charge in [-0.05, 0) is 45.2 Å². The van der Waals surface area contributed by atoms with E-state index in [0.29, 0.717) is 29.0 Å². The lowest BCUT2D eigenvalue weighted by Crippen LogP contribution is -2.24. The molecule has 0 saturated carbocycles. The molecule has 9 nitrogen and oxygen atoms in total. The van der Waals surface area contributed by atoms with Crippen LogP contribution in [-0.4, -0.2) is 42.3 Å². The van der Waals surface area contributed by atoms with Crippen molar-refractivity contribution in [1.29, 1.82) is 0 Å². The topological polar surface area (TPSA) is 91.9 Å². The molecule has 0 amide bonds. The largest absolute Gasteiger partial charge is 0.486 e. The fourth-order valence-electron chi connectivity index (χ4n) is 4.70. The maximum atomic E-state index is 14.3. The molecule has 0 aliphatic carbocycles. The molecular weight excluding hydrogens is 413 g/mol. The molecule has 3 atom stereocenters. The number of rotatable bonds is 4. The van der Waals surface area contributed by atoms with Crippen molar-refractivity contribution in [2.75, 3.05) is 18.5 Å². The minimum Gasteiger partial charge on any atom is -0.486 e. The molecule has 3 unspecified atom stereocenters. The van der Waals surface area contributed by atoms with Crippen LogP contribution in [0.2, 0.25) is 0 Å². The zero-order chi connectivity index (χ0) is 21.8. The van der Waals surface area contributed by atoms with Crippen LogP contribution in [0, 0.1) is 5.82 Å². The van der Waals surface area contributed by atoms with Crippen LogP contribution in [0.15, 0.2) is 24.8 Å². The molecular formula is C22H24FN7O2. The summed E-state index contributed by atoms with van der Waals surface area (Å²) in [5.41, 5.74) is 2.83. The molecule has 1 aromatic carbocycles. The predicted octanol–water partition coefficient (Wildman–Crippen LogP) is 4.14. The summed E-state index contributed by atoms with van der Waals surface area (Å²) < 4.78 is 29.9. The Morgan fingerprint density at radius 2 is 2.12 bits per heavy atom. The van der Waals surface area contributed by atoms with Gasteiger partial charge in [-0.3, -0.25) is 4.57 Å². The number of ether oxygens (including phenoxy) is 2. The van der Waals surface area contributed by atoms with Gasteiger partial charge in [0, 0.05) is 6.61 Å². The predicted molar refractivity (Wildman–Crippen MR) is 116 cm³/mol. The molecule has 1 saturated heterocycles. The van der Waals surface area contributed by atoms with Crippen LogP contribution in [0.4, 0.5) is 10.2 Å². The lowest BCUT2D eigenvalue weighted by atomic mass is 10.2. The van der Waals surface area contributed by atoms with Gasteiger partial charge in [0.1, 0.15) is 30.5 Å². The lowest BCUT2D eigenvalue weighted by Gasteiger charge is -2.26. The van der Waals surface area contributed by atoms with Gasteiger partial charge in [-0.25, -0.2) is 24.3 Å². The molecule has 2 aliphatic rings. The molecule has 5 heterocycles. The molecule has 6 rings (SSSR count). The van der Waals surface area contributed by atoms with E-state index >= 15 is 0 Å². The van der Waals surface area contributed by atoms with E-state index in [1.807, 2.05) is 18.4 Å². The molecule has 1 N–H and O–H groups in total. The number of aromatic nitrogens is 6.